The molecule has 0 spiro atoms. The zero-order valence-corrected chi connectivity index (χ0v) is 19.5. The van der Waals surface area contributed by atoms with Crippen LogP contribution in [0.3, 0.4) is 0 Å². The maximum absolute atomic E-state index is 5.87. The predicted molar refractivity (Wildman–Crippen MR) is 124 cm³/mol. The fourth-order valence-electron chi connectivity index (χ4n) is 3.89. The van der Waals surface area contributed by atoms with E-state index in [4.69, 9.17) is 4.74 Å². The summed E-state index contributed by atoms with van der Waals surface area (Å²) >= 11 is 0. The van der Waals surface area contributed by atoms with Gasteiger partial charge in [0, 0.05) is 29.7 Å². The van der Waals surface area contributed by atoms with E-state index >= 15 is 0 Å². The normalized spacial score (nSPS) is 10.8. The second kappa shape index (κ2) is 8.97. The summed E-state index contributed by atoms with van der Waals surface area (Å²) in [6.45, 7) is 0. The van der Waals surface area contributed by atoms with Gasteiger partial charge in [-0.3, -0.25) is 0 Å². The number of ether oxygens (including phenoxy) is 1. The van der Waals surface area contributed by atoms with Gasteiger partial charge in [-0.05, 0) is 29.1 Å². The van der Waals surface area contributed by atoms with Gasteiger partial charge in [0.15, 0.2) is 0 Å². The van der Waals surface area contributed by atoms with Gasteiger partial charge in [-0.15, -0.1) is 18.2 Å². The molecule has 0 radical (unpaired) electrons. The molecule has 5 nitrogen and oxygen atoms in total. The van der Waals surface area contributed by atoms with Crippen LogP contribution in [-0.2, 0) is 21.1 Å². The fraction of sp³-hybridized carbons (Fsp3) is 0. The van der Waals surface area contributed by atoms with E-state index < -0.39 is 0 Å². The molecule has 0 atom stereocenters. The Labute approximate surface area is 205 Å². The van der Waals surface area contributed by atoms with Gasteiger partial charge in [0.1, 0.15) is 12.1 Å². The zero-order valence-electron chi connectivity index (χ0n) is 17.3. The van der Waals surface area contributed by atoms with Gasteiger partial charge in [-0.2, -0.15) is 24.3 Å². The van der Waals surface area contributed by atoms with E-state index in [0.29, 0.717) is 11.6 Å². The smallest absolute Gasteiger partial charge is 0.460 e. The number of pyridine rings is 1. The van der Waals surface area contributed by atoms with Crippen molar-refractivity contribution in [3.63, 3.8) is 0 Å². The summed E-state index contributed by atoms with van der Waals surface area (Å²) in [6, 6.07) is 32.7. The summed E-state index contributed by atoms with van der Waals surface area (Å²) in [5.74, 6) is 1.94. The van der Waals surface area contributed by atoms with Crippen LogP contribution >= 0.6 is 0 Å². The number of rotatable bonds is 4. The van der Waals surface area contributed by atoms with Crippen molar-refractivity contribution >= 4 is 21.8 Å². The third kappa shape index (κ3) is 3.92. The Morgan fingerprint density at radius 1 is 0.697 bits per heavy atom. The second-order valence-corrected chi connectivity index (χ2v) is 7.25. The Balaban J connectivity index is 0.00000228. The van der Waals surface area contributed by atoms with Crippen LogP contribution in [0, 0.1) is 12.1 Å². The molecule has 6 heteroatoms. The molecule has 160 valence electrons. The molecule has 0 bridgehead atoms. The maximum atomic E-state index is 5.87. The number of para-hydroxylation sites is 1. The number of hydrogen-bond donors (Lipinski definition) is 0. The zero-order chi connectivity index (χ0) is 21.3. The molecular weight excluding hydrogens is 591 g/mol. The van der Waals surface area contributed by atoms with Crippen molar-refractivity contribution in [2.24, 2.45) is 0 Å². The van der Waals surface area contributed by atoms with Crippen LogP contribution in [0.2, 0.25) is 0 Å². The van der Waals surface area contributed by atoms with E-state index in [1.54, 1.807) is 18.7 Å². The quantitative estimate of drug-likeness (QED) is 0.230. The molecule has 0 saturated heterocycles. The predicted octanol–water partition coefficient (Wildman–Crippen LogP) is 6.03. The average molecular weight is 608 g/mol. The SMILES string of the molecule is [Pt+2].[c-]1c(Oc2ccccn2)cccc1-c1[c-]c2c(cc1)c1ccccc1n2-c1ccncn1. The first kappa shape index (κ1) is 21.0. The van der Waals surface area contributed by atoms with Gasteiger partial charge in [-0.1, -0.05) is 29.7 Å². The van der Waals surface area contributed by atoms with Crippen LogP contribution in [0.4, 0.5) is 0 Å². The fourth-order valence-corrected chi connectivity index (χ4v) is 3.89. The maximum Gasteiger partial charge on any atom is 2.00 e. The number of aromatic nitrogens is 4. The van der Waals surface area contributed by atoms with E-state index in [0.717, 1.165) is 38.8 Å². The monoisotopic (exact) mass is 607 g/mol. The Bertz CT molecular complexity index is 1550. The molecule has 0 amide bonds. The molecule has 0 unspecified atom stereocenters. The molecule has 33 heavy (non-hydrogen) atoms. The van der Waals surface area contributed by atoms with E-state index in [2.05, 4.69) is 55.9 Å². The molecule has 3 aromatic carbocycles. The van der Waals surface area contributed by atoms with Crippen molar-refractivity contribution in [2.75, 3.05) is 0 Å². The Morgan fingerprint density at radius 2 is 1.58 bits per heavy atom. The van der Waals surface area contributed by atoms with Crippen LogP contribution < -0.4 is 4.74 Å². The molecule has 0 fully saturated rings. The number of benzene rings is 3. The molecule has 0 aliphatic heterocycles. The molecule has 0 aliphatic carbocycles. The minimum atomic E-state index is 0. The molecule has 6 aromatic rings. The topological polar surface area (TPSA) is 52.8 Å². The summed E-state index contributed by atoms with van der Waals surface area (Å²) in [6.07, 6.45) is 5.01. The molecule has 0 saturated carbocycles. The van der Waals surface area contributed by atoms with Crippen molar-refractivity contribution in [1.29, 1.82) is 0 Å². The van der Waals surface area contributed by atoms with Gasteiger partial charge < -0.3 is 9.30 Å². The largest absolute Gasteiger partial charge is 2.00 e. The van der Waals surface area contributed by atoms with Crippen LogP contribution in [0.5, 0.6) is 11.6 Å². The van der Waals surface area contributed by atoms with E-state index in [1.165, 1.54) is 0 Å². The minimum absolute atomic E-state index is 0. The van der Waals surface area contributed by atoms with Gasteiger partial charge in [0.25, 0.3) is 0 Å². The van der Waals surface area contributed by atoms with Crippen LogP contribution in [0.25, 0.3) is 38.8 Å². The average Bonchev–Trinajstić information content (AvgIpc) is 3.19. The molecule has 3 heterocycles. The van der Waals surface area contributed by atoms with Crippen molar-refractivity contribution in [2.45, 2.75) is 0 Å². The summed E-state index contributed by atoms with van der Waals surface area (Å²) in [5, 5.41) is 2.27. The van der Waals surface area contributed by atoms with E-state index in [1.807, 2.05) is 54.6 Å². The molecular formula is C27H16N4OPt. The van der Waals surface area contributed by atoms with Crippen molar-refractivity contribution in [3.8, 4) is 28.6 Å². The van der Waals surface area contributed by atoms with Gasteiger partial charge in [0.05, 0.1) is 0 Å². The van der Waals surface area contributed by atoms with Gasteiger partial charge in [0.2, 0.25) is 5.88 Å². The third-order valence-electron chi connectivity index (χ3n) is 5.29. The first-order valence-electron chi connectivity index (χ1n) is 10.2. The Hall–Kier alpha value is -3.82. The summed E-state index contributed by atoms with van der Waals surface area (Å²) in [7, 11) is 0. The van der Waals surface area contributed by atoms with E-state index in [-0.39, 0.29) is 21.1 Å². The summed E-state index contributed by atoms with van der Waals surface area (Å²) in [5.41, 5.74) is 3.83. The Morgan fingerprint density at radius 3 is 2.42 bits per heavy atom. The Kier molecular flexibility index (Phi) is 5.72. The van der Waals surface area contributed by atoms with Crippen molar-refractivity contribution in [3.05, 3.63) is 110 Å². The van der Waals surface area contributed by atoms with Crippen molar-refractivity contribution < 1.29 is 25.8 Å². The number of fused-ring (bicyclic) bond motifs is 3. The second-order valence-electron chi connectivity index (χ2n) is 7.25. The summed E-state index contributed by atoms with van der Waals surface area (Å²) < 4.78 is 7.98. The van der Waals surface area contributed by atoms with Crippen LogP contribution in [0.15, 0.2) is 97.6 Å². The van der Waals surface area contributed by atoms with Crippen molar-refractivity contribution in [1.82, 2.24) is 19.5 Å². The molecule has 3 aromatic heterocycles. The number of nitrogens with zero attached hydrogens (tertiary/aromatic N) is 4. The summed E-state index contributed by atoms with van der Waals surface area (Å²) in [4.78, 5) is 12.8. The van der Waals surface area contributed by atoms with Crippen LogP contribution in [-0.4, -0.2) is 19.5 Å². The third-order valence-corrected chi connectivity index (χ3v) is 5.29. The van der Waals surface area contributed by atoms with Crippen LogP contribution in [0.1, 0.15) is 0 Å². The molecule has 0 aliphatic rings. The van der Waals surface area contributed by atoms with Gasteiger partial charge in [-0.25, -0.2) is 26.1 Å². The molecule has 6 rings (SSSR count). The molecule has 0 N–H and O–H groups in total. The number of hydrogen-bond acceptors (Lipinski definition) is 4. The van der Waals surface area contributed by atoms with E-state index in [9.17, 15) is 0 Å². The van der Waals surface area contributed by atoms with Gasteiger partial charge >= 0.3 is 21.1 Å². The standard InChI is InChI=1S/C27H16N4O.Pt/c1-2-9-24-22(8-1)23-12-11-20(17-25(23)31(24)26-13-15-28-18-30-26)19-6-5-7-21(16-19)32-27-10-3-4-14-29-27;/h1-15,18H;/q-2;+2. The first-order chi connectivity index (χ1) is 15.9. The first-order valence-corrected chi connectivity index (χ1v) is 10.2. The minimum Gasteiger partial charge on any atom is -0.460 e.